The fourth-order valence-electron chi connectivity index (χ4n) is 2.48. The summed E-state index contributed by atoms with van der Waals surface area (Å²) >= 11 is 0. The Labute approximate surface area is 138 Å². The second kappa shape index (κ2) is 6.68. The number of hydrogen-bond donors (Lipinski definition) is 0. The van der Waals surface area contributed by atoms with Crippen LogP contribution in [0.1, 0.15) is 13.9 Å². The van der Waals surface area contributed by atoms with E-state index in [0.29, 0.717) is 11.1 Å². The first-order chi connectivity index (χ1) is 11.2. The van der Waals surface area contributed by atoms with Crippen molar-refractivity contribution in [3.63, 3.8) is 0 Å². The molecule has 0 aromatic heterocycles. The molecular weight excluding hydrogens is 314 g/mol. The summed E-state index contributed by atoms with van der Waals surface area (Å²) in [7, 11) is -2.50. The number of rotatable bonds is 4. The molecule has 0 bridgehead atoms. The Morgan fingerprint density at radius 3 is 2.57 bits per heavy atom. The first-order valence-corrected chi connectivity index (χ1v) is 8.62. The SMILES string of the molecule is [2H]/C(C(=O)OC)=C1/CN(S(=O)(=O)c2ccc(C)cc2)CC1C(=C)C. The van der Waals surface area contributed by atoms with Crippen molar-refractivity contribution in [2.75, 3.05) is 20.2 Å². The summed E-state index contributed by atoms with van der Waals surface area (Å²) < 4.78 is 39.5. The molecule has 0 spiro atoms. The van der Waals surface area contributed by atoms with Crippen molar-refractivity contribution in [2.45, 2.75) is 18.7 Å². The number of carbonyl (C=O) groups excluding carboxylic acids is 1. The van der Waals surface area contributed by atoms with Crippen LogP contribution in [0.25, 0.3) is 0 Å². The molecule has 1 saturated heterocycles. The highest BCUT2D eigenvalue weighted by Gasteiger charge is 2.36. The third-order valence-corrected chi connectivity index (χ3v) is 5.68. The van der Waals surface area contributed by atoms with Gasteiger partial charge in [0, 0.05) is 25.1 Å². The number of esters is 1. The molecule has 1 atom stereocenters. The molecule has 1 fully saturated rings. The van der Waals surface area contributed by atoms with Gasteiger partial charge >= 0.3 is 5.97 Å². The fourth-order valence-corrected chi connectivity index (χ4v) is 3.92. The molecule has 0 saturated carbocycles. The van der Waals surface area contributed by atoms with E-state index in [1.807, 2.05) is 6.92 Å². The number of nitrogens with zero attached hydrogens (tertiary/aromatic N) is 1. The highest BCUT2D eigenvalue weighted by Crippen LogP contribution is 2.32. The first-order valence-electron chi connectivity index (χ1n) is 7.68. The van der Waals surface area contributed by atoms with Gasteiger partial charge in [-0.15, -0.1) is 0 Å². The van der Waals surface area contributed by atoms with Crippen molar-refractivity contribution in [2.24, 2.45) is 5.92 Å². The molecule has 1 unspecified atom stereocenters. The molecule has 2 rings (SSSR count). The molecule has 23 heavy (non-hydrogen) atoms. The van der Waals surface area contributed by atoms with Crippen molar-refractivity contribution in [1.82, 2.24) is 4.31 Å². The zero-order valence-corrected chi connectivity index (χ0v) is 14.3. The van der Waals surface area contributed by atoms with Crippen LogP contribution in [0.2, 0.25) is 0 Å². The number of methoxy groups -OCH3 is 1. The topological polar surface area (TPSA) is 63.7 Å². The molecule has 5 nitrogen and oxygen atoms in total. The van der Waals surface area contributed by atoms with E-state index in [4.69, 9.17) is 1.37 Å². The standard InChI is InChI=1S/C17H21NO4S/c1-12(2)16-11-18(10-14(16)9-17(19)22-4)23(20,21)15-7-5-13(3)6-8-15/h5-9,16H,1,10-11H2,2-4H3/b14-9+/i9D. The summed E-state index contributed by atoms with van der Waals surface area (Å²) in [5.41, 5.74) is 2.10. The molecule has 0 amide bonds. The normalized spacial score (nSPS) is 21.7. The van der Waals surface area contributed by atoms with E-state index < -0.39 is 16.0 Å². The lowest BCUT2D eigenvalue weighted by Crippen LogP contribution is -2.29. The Morgan fingerprint density at radius 2 is 2.04 bits per heavy atom. The molecule has 1 aliphatic heterocycles. The lowest BCUT2D eigenvalue weighted by molar-refractivity contribution is -0.134. The summed E-state index contributed by atoms with van der Waals surface area (Å²) in [4.78, 5) is 11.9. The predicted octanol–water partition coefficient (Wildman–Crippen LogP) is 2.29. The molecule has 1 aliphatic rings. The van der Waals surface area contributed by atoms with Crippen LogP contribution in [0.4, 0.5) is 0 Å². The average molecular weight is 336 g/mol. The Morgan fingerprint density at radius 1 is 1.43 bits per heavy atom. The van der Waals surface area contributed by atoms with Crippen LogP contribution < -0.4 is 0 Å². The molecule has 0 aliphatic carbocycles. The molecule has 124 valence electrons. The van der Waals surface area contributed by atoms with E-state index in [1.165, 1.54) is 11.4 Å². The Hall–Kier alpha value is -1.92. The van der Waals surface area contributed by atoms with Gasteiger partial charge in [0.25, 0.3) is 0 Å². The summed E-state index contributed by atoms with van der Waals surface area (Å²) in [6.45, 7) is 7.66. The molecule has 0 radical (unpaired) electrons. The largest absolute Gasteiger partial charge is 0.466 e. The van der Waals surface area contributed by atoms with Gasteiger partial charge < -0.3 is 4.74 Å². The third kappa shape index (κ3) is 3.71. The average Bonchev–Trinajstić information content (AvgIpc) is 3.00. The summed E-state index contributed by atoms with van der Waals surface area (Å²) in [6.07, 6.45) is 0. The zero-order valence-electron chi connectivity index (χ0n) is 14.5. The van der Waals surface area contributed by atoms with Gasteiger partial charge in [0.15, 0.2) is 0 Å². The van der Waals surface area contributed by atoms with Gasteiger partial charge in [-0.2, -0.15) is 4.31 Å². The van der Waals surface area contributed by atoms with Crippen LogP contribution in [-0.4, -0.2) is 38.9 Å². The number of hydrogen-bond acceptors (Lipinski definition) is 4. The number of benzene rings is 1. The lowest BCUT2D eigenvalue weighted by atomic mass is 9.96. The fraction of sp³-hybridized carbons (Fsp3) is 0.353. The maximum atomic E-state index is 12.8. The molecular formula is C17H21NO4S. The lowest BCUT2D eigenvalue weighted by Gasteiger charge is -2.16. The maximum absolute atomic E-state index is 12.8. The molecule has 6 heteroatoms. The first kappa shape index (κ1) is 16.0. The van der Waals surface area contributed by atoms with E-state index in [-0.39, 0.29) is 30.0 Å². The van der Waals surface area contributed by atoms with E-state index >= 15 is 0 Å². The second-order valence-electron chi connectivity index (χ2n) is 5.65. The Bertz CT molecular complexity index is 796. The smallest absolute Gasteiger partial charge is 0.330 e. The van der Waals surface area contributed by atoms with Crippen LogP contribution in [0.15, 0.2) is 52.9 Å². The van der Waals surface area contributed by atoms with Crippen LogP contribution in [0.5, 0.6) is 0 Å². The van der Waals surface area contributed by atoms with Crippen molar-refractivity contribution in [3.8, 4) is 0 Å². The van der Waals surface area contributed by atoms with Gasteiger partial charge in [-0.25, -0.2) is 13.2 Å². The van der Waals surface area contributed by atoms with E-state index in [9.17, 15) is 13.2 Å². The van der Waals surface area contributed by atoms with Crippen LogP contribution in [0, 0.1) is 12.8 Å². The van der Waals surface area contributed by atoms with Crippen LogP contribution in [0.3, 0.4) is 0 Å². The second-order valence-corrected chi connectivity index (χ2v) is 7.59. The number of carbonyl (C=O) groups is 1. The van der Waals surface area contributed by atoms with Crippen molar-refractivity contribution in [3.05, 3.63) is 53.6 Å². The summed E-state index contributed by atoms with van der Waals surface area (Å²) in [5, 5.41) is 0. The Kier molecular flexibility index (Phi) is 4.63. The Balaban J connectivity index is 2.42. The maximum Gasteiger partial charge on any atom is 0.330 e. The number of aryl methyl sites for hydroxylation is 1. The summed E-state index contributed by atoms with van der Waals surface area (Å²) in [6, 6.07) is 6.29. The minimum Gasteiger partial charge on any atom is -0.466 e. The van der Waals surface area contributed by atoms with Gasteiger partial charge in [-0.3, -0.25) is 0 Å². The monoisotopic (exact) mass is 336 g/mol. The van der Waals surface area contributed by atoms with Gasteiger partial charge in [0.05, 0.1) is 13.4 Å². The van der Waals surface area contributed by atoms with Gasteiger partial charge in [0.2, 0.25) is 10.0 Å². The number of ether oxygens (including phenoxy) is 1. The number of sulfonamides is 1. The molecule has 1 heterocycles. The van der Waals surface area contributed by atoms with E-state index in [0.717, 1.165) is 5.56 Å². The minimum absolute atomic E-state index is 0.0122. The highest BCUT2D eigenvalue weighted by molar-refractivity contribution is 7.89. The minimum atomic E-state index is -3.70. The van der Waals surface area contributed by atoms with Crippen molar-refractivity contribution < 1.29 is 19.3 Å². The van der Waals surface area contributed by atoms with Gasteiger partial charge in [0.1, 0.15) is 0 Å². The quantitative estimate of drug-likeness (QED) is 0.481. The van der Waals surface area contributed by atoms with Crippen LogP contribution >= 0.6 is 0 Å². The zero-order chi connectivity index (χ0) is 18.1. The third-order valence-electron chi connectivity index (χ3n) is 3.86. The predicted molar refractivity (Wildman–Crippen MR) is 88.3 cm³/mol. The van der Waals surface area contributed by atoms with Gasteiger partial charge in [-0.1, -0.05) is 29.8 Å². The van der Waals surface area contributed by atoms with Gasteiger partial charge in [-0.05, 0) is 31.6 Å². The molecule has 0 N–H and O–H groups in total. The van der Waals surface area contributed by atoms with Crippen LogP contribution in [-0.2, 0) is 19.6 Å². The van der Waals surface area contributed by atoms with E-state index in [1.54, 1.807) is 31.2 Å². The van der Waals surface area contributed by atoms with E-state index in [2.05, 4.69) is 11.3 Å². The van der Waals surface area contributed by atoms with Crippen molar-refractivity contribution in [1.29, 1.82) is 0 Å². The highest BCUT2D eigenvalue weighted by atomic mass is 32.2. The molecule has 1 aromatic carbocycles. The van der Waals surface area contributed by atoms with Crippen molar-refractivity contribution >= 4 is 16.0 Å². The summed E-state index contributed by atoms with van der Waals surface area (Å²) in [5.74, 6) is -1.14. The molecule has 1 aromatic rings.